The Morgan fingerprint density at radius 1 is 1.15 bits per heavy atom. The molecule has 1 aliphatic rings. The maximum Gasteiger partial charge on any atom is 0.253 e. The number of carbonyl (C=O) groups is 1. The van der Waals surface area contributed by atoms with E-state index in [-0.39, 0.29) is 5.91 Å². The molecule has 0 bridgehead atoms. The van der Waals surface area contributed by atoms with Gasteiger partial charge in [-0.15, -0.1) is 0 Å². The van der Waals surface area contributed by atoms with Gasteiger partial charge in [0, 0.05) is 45.3 Å². The molecule has 0 saturated carbocycles. The van der Waals surface area contributed by atoms with Crippen LogP contribution >= 0.6 is 0 Å². The van der Waals surface area contributed by atoms with E-state index in [4.69, 9.17) is 0 Å². The monoisotopic (exact) mass is 358 g/mol. The van der Waals surface area contributed by atoms with Crippen molar-refractivity contribution in [3.8, 4) is 0 Å². The third kappa shape index (κ3) is 5.23. The van der Waals surface area contributed by atoms with E-state index in [2.05, 4.69) is 29.1 Å². The third-order valence-electron chi connectivity index (χ3n) is 5.08. The van der Waals surface area contributed by atoms with Crippen molar-refractivity contribution in [1.29, 1.82) is 0 Å². The van der Waals surface area contributed by atoms with Gasteiger partial charge in [-0.25, -0.2) is 0 Å². The number of guanidine groups is 1. The van der Waals surface area contributed by atoms with Crippen molar-refractivity contribution in [1.82, 2.24) is 15.1 Å². The molecule has 2 rings (SSSR count). The van der Waals surface area contributed by atoms with Gasteiger partial charge in [-0.3, -0.25) is 9.79 Å². The first-order chi connectivity index (χ1) is 12.5. The van der Waals surface area contributed by atoms with Gasteiger partial charge in [0.25, 0.3) is 5.91 Å². The second-order valence-corrected chi connectivity index (χ2v) is 7.43. The number of hydrogen-bond acceptors (Lipinski definition) is 2. The molecule has 1 amide bonds. The van der Waals surface area contributed by atoms with E-state index in [0.717, 1.165) is 43.3 Å². The first-order valence-electron chi connectivity index (χ1n) is 9.82. The lowest BCUT2D eigenvalue weighted by Crippen LogP contribution is -2.48. The average molecular weight is 359 g/mol. The molecule has 0 radical (unpaired) electrons. The normalized spacial score (nSPS) is 20.8. The van der Waals surface area contributed by atoms with Crippen LogP contribution in [-0.2, 0) is 6.54 Å². The van der Waals surface area contributed by atoms with E-state index in [1.54, 1.807) is 0 Å². The summed E-state index contributed by atoms with van der Waals surface area (Å²) in [5.41, 5.74) is 1.90. The summed E-state index contributed by atoms with van der Waals surface area (Å²) in [6.07, 6.45) is 1.29. The van der Waals surface area contributed by atoms with Crippen molar-refractivity contribution in [3.63, 3.8) is 0 Å². The maximum absolute atomic E-state index is 12.4. The minimum absolute atomic E-state index is 0.0987. The second-order valence-electron chi connectivity index (χ2n) is 7.43. The van der Waals surface area contributed by atoms with Crippen LogP contribution in [0, 0.1) is 11.8 Å². The molecule has 1 heterocycles. The fraction of sp³-hybridized carbons (Fsp3) is 0.619. The fourth-order valence-electron chi connectivity index (χ4n) is 3.81. The molecule has 144 valence electrons. The van der Waals surface area contributed by atoms with Crippen molar-refractivity contribution in [3.05, 3.63) is 35.4 Å². The summed E-state index contributed by atoms with van der Waals surface area (Å²) in [5.74, 6) is 2.46. The Hall–Kier alpha value is -2.04. The number of hydrogen-bond donors (Lipinski definition) is 1. The topological polar surface area (TPSA) is 47.9 Å². The number of piperidine rings is 1. The number of aliphatic imine (C=N–C) groups is 1. The predicted molar refractivity (Wildman–Crippen MR) is 108 cm³/mol. The fourth-order valence-corrected chi connectivity index (χ4v) is 3.81. The molecule has 2 unspecified atom stereocenters. The summed E-state index contributed by atoms with van der Waals surface area (Å²) >= 11 is 0. The van der Waals surface area contributed by atoms with Gasteiger partial charge >= 0.3 is 0 Å². The first-order valence-corrected chi connectivity index (χ1v) is 9.82. The van der Waals surface area contributed by atoms with Gasteiger partial charge < -0.3 is 15.1 Å². The van der Waals surface area contributed by atoms with E-state index in [9.17, 15) is 4.79 Å². The SMILES string of the molecule is CCN(CC)C(=O)c1ccc(CNC(=NC)N2CC(C)CC(C)C2)cc1. The van der Waals surface area contributed by atoms with Gasteiger partial charge in [0.05, 0.1) is 0 Å². The zero-order valence-electron chi connectivity index (χ0n) is 17.0. The van der Waals surface area contributed by atoms with Crippen molar-refractivity contribution in [2.45, 2.75) is 40.7 Å². The van der Waals surface area contributed by atoms with Gasteiger partial charge in [-0.2, -0.15) is 0 Å². The minimum atomic E-state index is 0.0987. The van der Waals surface area contributed by atoms with Crippen molar-refractivity contribution in [2.75, 3.05) is 33.2 Å². The smallest absolute Gasteiger partial charge is 0.253 e. The highest BCUT2D eigenvalue weighted by molar-refractivity contribution is 5.94. The first kappa shape index (κ1) is 20.3. The maximum atomic E-state index is 12.4. The quantitative estimate of drug-likeness (QED) is 0.649. The molecular weight excluding hydrogens is 324 g/mol. The molecule has 0 aromatic heterocycles. The Bertz CT molecular complexity index is 597. The third-order valence-corrected chi connectivity index (χ3v) is 5.08. The Labute approximate surface area is 158 Å². The molecule has 1 aliphatic heterocycles. The molecule has 1 fully saturated rings. The van der Waals surface area contributed by atoms with Gasteiger partial charge in [0.1, 0.15) is 0 Å². The molecule has 2 atom stereocenters. The largest absolute Gasteiger partial charge is 0.352 e. The predicted octanol–water partition coefficient (Wildman–Crippen LogP) is 3.22. The highest BCUT2D eigenvalue weighted by Crippen LogP contribution is 2.21. The van der Waals surface area contributed by atoms with Gasteiger partial charge in [-0.1, -0.05) is 26.0 Å². The van der Waals surface area contributed by atoms with E-state index in [0.29, 0.717) is 18.4 Å². The second kappa shape index (κ2) is 9.60. The highest BCUT2D eigenvalue weighted by Gasteiger charge is 2.23. The summed E-state index contributed by atoms with van der Waals surface area (Å²) in [7, 11) is 1.85. The Morgan fingerprint density at radius 3 is 2.23 bits per heavy atom. The van der Waals surface area contributed by atoms with Crippen molar-refractivity contribution >= 4 is 11.9 Å². The molecule has 1 saturated heterocycles. The molecule has 5 nitrogen and oxygen atoms in total. The summed E-state index contributed by atoms with van der Waals surface area (Å²) in [4.78, 5) is 21.0. The lowest BCUT2D eigenvalue weighted by molar-refractivity contribution is 0.0773. The van der Waals surface area contributed by atoms with E-state index >= 15 is 0 Å². The van der Waals surface area contributed by atoms with Crippen LogP contribution in [0.15, 0.2) is 29.3 Å². The van der Waals surface area contributed by atoms with Gasteiger partial charge in [-0.05, 0) is 49.8 Å². The lowest BCUT2D eigenvalue weighted by atomic mass is 9.92. The van der Waals surface area contributed by atoms with Crippen molar-refractivity contribution < 1.29 is 4.79 Å². The number of benzene rings is 1. The van der Waals surface area contributed by atoms with Gasteiger partial charge in [0.15, 0.2) is 5.96 Å². The summed E-state index contributed by atoms with van der Waals surface area (Å²) in [6.45, 7) is 12.9. The molecule has 1 N–H and O–H groups in total. The Balaban J connectivity index is 1.95. The number of nitrogens with one attached hydrogen (secondary N) is 1. The van der Waals surface area contributed by atoms with Crippen LogP contribution in [-0.4, -0.2) is 54.9 Å². The summed E-state index contributed by atoms with van der Waals surface area (Å²) in [6, 6.07) is 7.90. The van der Waals surface area contributed by atoms with E-state index in [1.165, 1.54) is 6.42 Å². The molecule has 0 spiro atoms. The molecule has 5 heteroatoms. The van der Waals surface area contributed by atoms with Crippen LogP contribution in [0.4, 0.5) is 0 Å². The van der Waals surface area contributed by atoms with Crippen molar-refractivity contribution in [2.24, 2.45) is 16.8 Å². The van der Waals surface area contributed by atoms with Crippen LogP contribution in [0.5, 0.6) is 0 Å². The molecule has 1 aromatic rings. The summed E-state index contributed by atoms with van der Waals surface area (Å²) < 4.78 is 0. The minimum Gasteiger partial charge on any atom is -0.352 e. The molecule has 26 heavy (non-hydrogen) atoms. The van der Waals surface area contributed by atoms with Crippen LogP contribution < -0.4 is 5.32 Å². The average Bonchev–Trinajstić information content (AvgIpc) is 2.63. The Kier molecular flexibility index (Phi) is 7.49. The van der Waals surface area contributed by atoms with Crippen LogP contribution in [0.1, 0.15) is 50.0 Å². The van der Waals surface area contributed by atoms with Gasteiger partial charge in [0.2, 0.25) is 0 Å². The molecule has 0 aliphatic carbocycles. The standard InChI is InChI=1S/C21H34N4O/c1-6-24(7-2)20(26)19-10-8-18(9-11-19)13-23-21(22-5)25-14-16(3)12-17(4)15-25/h8-11,16-17H,6-7,12-15H2,1-5H3,(H,22,23). The van der Waals surface area contributed by atoms with E-state index < -0.39 is 0 Å². The number of likely N-dealkylation sites (tertiary alicyclic amines) is 1. The zero-order chi connectivity index (χ0) is 19.1. The number of amides is 1. The van der Waals surface area contributed by atoms with Crippen LogP contribution in [0.25, 0.3) is 0 Å². The lowest BCUT2D eigenvalue weighted by Gasteiger charge is -2.37. The number of rotatable bonds is 5. The number of nitrogens with zero attached hydrogens (tertiary/aromatic N) is 3. The van der Waals surface area contributed by atoms with Crippen LogP contribution in [0.3, 0.4) is 0 Å². The summed E-state index contributed by atoms with van der Waals surface area (Å²) in [5, 5.41) is 3.47. The molecule has 1 aromatic carbocycles. The van der Waals surface area contributed by atoms with Crippen LogP contribution in [0.2, 0.25) is 0 Å². The van der Waals surface area contributed by atoms with E-state index in [1.807, 2.05) is 50.1 Å². The number of carbonyl (C=O) groups excluding carboxylic acids is 1. The Morgan fingerprint density at radius 2 is 1.73 bits per heavy atom. The highest BCUT2D eigenvalue weighted by atomic mass is 16.2. The zero-order valence-corrected chi connectivity index (χ0v) is 17.0. The molecular formula is C21H34N4O.